The van der Waals surface area contributed by atoms with Gasteiger partial charge in [0, 0.05) is 18.5 Å². The van der Waals surface area contributed by atoms with Crippen molar-refractivity contribution in [1.82, 2.24) is 4.90 Å². The van der Waals surface area contributed by atoms with Gasteiger partial charge in [0.2, 0.25) is 0 Å². The molecule has 1 N–H and O–H groups in total. The van der Waals surface area contributed by atoms with Crippen molar-refractivity contribution in [2.45, 2.75) is 53.0 Å². The zero-order chi connectivity index (χ0) is 14.1. The third kappa shape index (κ3) is 2.63. The van der Waals surface area contributed by atoms with Crippen molar-refractivity contribution in [2.75, 3.05) is 6.54 Å². The molecule has 1 amide bonds. The zero-order valence-electron chi connectivity index (χ0n) is 12.2. The Bertz CT molecular complexity index is 360. The van der Waals surface area contributed by atoms with Crippen molar-refractivity contribution >= 4 is 6.09 Å². The van der Waals surface area contributed by atoms with E-state index >= 15 is 0 Å². The van der Waals surface area contributed by atoms with Gasteiger partial charge in [0.1, 0.15) is 0 Å². The number of likely N-dealkylation sites (tertiary alicyclic amines) is 1. The van der Waals surface area contributed by atoms with Crippen LogP contribution in [-0.2, 0) is 0 Å². The fraction of sp³-hybridized carbons (Fsp3) is 0.800. The van der Waals surface area contributed by atoms with Gasteiger partial charge in [-0.1, -0.05) is 20.8 Å². The summed E-state index contributed by atoms with van der Waals surface area (Å²) in [6, 6.07) is 0. The number of terminal acetylenes is 1. The summed E-state index contributed by atoms with van der Waals surface area (Å²) in [5.74, 6) is 3.35. The summed E-state index contributed by atoms with van der Waals surface area (Å²) in [4.78, 5) is 13.0. The Balaban J connectivity index is 3.06. The third-order valence-corrected chi connectivity index (χ3v) is 4.17. The summed E-state index contributed by atoms with van der Waals surface area (Å²) in [7, 11) is 0. The maximum Gasteiger partial charge on any atom is 0.407 e. The van der Waals surface area contributed by atoms with Crippen molar-refractivity contribution < 1.29 is 9.90 Å². The van der Waals surface area contributed by atoms with Crippen LogP contribution in [0.1, 0.15) is 47.5 Å². The van der Waals surface area contributed by atoms with Gasteiger partial charge in [-0.05, 0) is 37.5 Å². The van der Waals surface area contributed by atoms with E-state index < -0.39 is 6.09 Å². The van der Waals surface area contributed by atoms with Crippen molar-refractivity contribution in [3.8, 4) is 12.3 Å². The summed E-state index contributed by atoms with van der Waals surface area (Å²) >= 11 is 0. The molecule has 18 heavy (non-hydrogen) atoms. The number of hydrogen-bond donors (Lipinski definition) is 1. The van der Waals surface area contributed by atoms with Crippen LogP contribution in [0, 0.1) is 29.6 Å². The molecule has 3 nitrogen and oxygen atoms in total. The molecule has 1 aliphatic heterocycles. The first-order chi connectivity index (χ1) is 8.12. The van der Waals surface area contributed by atoms with E-state index in [-0.39, 0.29) is 11.0 Å². The van der Waals surface area contributed by atoms with E-state index in [1.807, 2.05) is 13.8 Å². The summed E-state index contributed by atoms with van der Waals surface area (Å²) in [5.41, 5.74) is -0.254. The monoisotopic (exact) mass is 251 g/mol. The van der Waals surface area contributed by atoms with Crippen molar-refractivity contribution in [2.24, 2.45) is 17.3 Å². The highest BCUT2D eigenvalue weighted by molar-refractivity contribution is 5.66. The average Bonchev–Trinajstić information content (AvgIpc) is 2.45. The molecule has 0 aliphatic carbocycles. The molecular formula is C15H25NO2. The van der Waals surface area contributed by atoms with Crippen LogP contribution >= 0.6 is 0 Å². The Morgan fingerprint density at radius 2 is 2.06 bits per heavy atom. The molecule has 0 bridgehead atoms. The standard InChI is InChI=1S/C15H25NO2/c1-7-8-9-11-10-16(13(17)18)15(5,6)12(11)14(2,3)4/h1,11-12H,8-10H2,2-6H3,(H,17,18). The fourth-order valence-corrected chi connectivity index (χ4v) is 3.94. The molecule has 0 radical (unpaired) electrons. The minimum atomic E-state index is -0.822. The highest BCUT2D eigenvalue weighted by atomic mass is 16.4. The Morgan fingerprint density at radius 3 is 2.44 bits per heavy atom. The molecule has 102 valence electrons. The maximum absolute atomic E-state index is 11.4. The van der Waals surface area contributed by atoms with Gasteiger partial charge in [-0.15, -0.1) is 12.3 Å². The highest BCUT2D eigenvalue weighted by Crippen LogP contribution is 2.49. The van der Waals surface area contributed by atoms with Gasteiger partial charge in [-0.2, -0.15) is 0 Å². The topological polar surface area (TPSA) is 40.5 Å². The van der Waals surface area contributed by atoms with Gasteiger partial charge in [-0.3, -0.25) is 0 Å². The first kappa shape index (κ1) is 14.9. The molecule has 1 rings (SSSR count). The number of amides is 1. The summed E-state index contributed by atoms with van der Waals surface area (Å²) in [5, 5.41) is 9.36. The van der Waals surface area contributed by atoms with E-state index in [2.05, 4.69) is 26.7 Å². The molecule has 0 aromatic heterocycles. The lowest BCUT2D eigenvalue weighted by atomic mass is 9.66. The van der Waals surface area contributed by atoms with E-state index in [0.717, 1.165) is 12.8 Å². The molecule has 0 spiro atoms. The zero-order valence-corrected chi connectivity index (χ0v) is 12.2. The molecule has 1 fully saturated rings. The van der Waals surface area contributed by atoms with Crippen LogP contribution in [-0.4, -0.2) is 28.2 Å². The quantitative estimate of drug-likeness (QED) is 0.764. The van der Waals surface area contributed by atoms with Crippen LogP contribution in [0.5, 0.6) is 0 Å². The first-order valence-corrected chi connectivity index (χ1v) is 6.56. The van der Waals surface area contributed by atoms with Crippen molar-refractivity contribution in [3.05, 3.63) is 0 Å². The van der Waals surface area contributed by atoms with Crippen LogP contribution in [0.4, 0.5) is 4.79 Å². The summed E-state index contributed by atoms with van der Waals surface area (Å²) < 4.78 is 0. The number of rotatable bonds is 2. The molecular weight excluding hydrogens is 226 g/mol. The van der Waals surface area contributed by atoms with E-state index in [1.165, 1.54) is 0 Å². The molecule has 1 heterocycles. The molecule has 3 heteroatoms. The summed E-state index contributed by atoms with van der Waals surface area (Å²) in [6.07, 6.45) is 6.15. The van der Waals surface area contributed by atoms with E-state index in [9.17, 15) is 9.90 Å². The molecule has 1 aliphatic rings. The van der Waals surface area contributed by atoms with Crippen LogP contribution in [0.3, 0.4) is 0 Å². The van der Waals surface area contributed by atoms with Crippen LogP contribution in [0.2, 0.25) is 0 Å². The second-order valence-corrected chi connectivity index (χ2v) is 6.89. The van der Waals surface area contributed by atoms with Gasteiger partial charge in [0.05, 0.1) is 0 Å². The molecule has 0 saturated carbocycles. The van der Waals surface area contributed by atoms with Gasteiger partial charge < -0.3 is 10.0 Å². The number of nitrogens with zero attached hydrogens (tertiary/aromatic N) is 1. The first-order valence-electron chi connectivity index (χ1n) is 6.56. The van der Waals surface area contributed by atoms with Gasteiger partial charge in [-0.25, -0.2) is 4.79 Å². The van der Waals surface area contributed by atoms with Crippen LogP contribution < -0.4 is 0 Å². The van der Waals surface area contributed by atoms with Gasteiger partial charge in [0.25, 0.3) is 0 Å². The molecule has 1 saturated heterocycles. The molecule has 2 atom stereocenters. The normalized spacial score (nSPS) is 27.0. The van der Waals surface area contributed by atoms with Crippen LogP contribution in [0.25, 0.3) is 0 Å². The fourth-order valence-electron chi connectivity index (χ4n) is 3.94. The lowest BCUT2D eigenvalue weighted by Gasteiger charge is -2.42. The lowest BCUT2D eigenvalue weighted by molar-refractivity contribution is 0.0639. The second-order valence-electron chi connectivity index (χ2n) is 6.89. The van der Waals surface area contributed by atoms with Crippen molar-refractivity contribution in [3.63, 3.8) is 0 Å². The minimum Gasteiger partial charge on any atom is -0.465 e. The van der Waals surface area contributed by atoms with Crippen LogP contribution in [0.15, 0.2) is 0 Å². The Kier molecular flexibility index (Phi) is 4.00. The second kappa shape index (κ2) is 4.84. The van der Waals surface area contributed by atoms with Crippen molar-refractivity contribution in [1.29, 1.82) is 0 Å². The lowest BCUT2D eigenvalue weighted by Crippen LogP contribution is -2.48. The average molecular weight is 251 g/mol. The Hall–Kier alpha value is -1.17. The minimum absolute atomic E-state index is 0.0764. The SMILES string of the molecule is C#CCCC1CN(C(=O)O)C(C)(C)C1C(C)(C)C. The smallest absolute Gasteiger partial charge is 0.407 e. The summed E-state index contributed by atoms with van der Waals surface area (Å²) in [6.45, 7) is 11.2. The Morgan fingerprint density at radius 1 is 1.50 bits per heavy atom. The largest absolute Gasteiger partial charge is 0.465 e. The molecule has 0 aromatic carbocycles. The third-order valence-electron chi connectivity index (χ3n) is 4.17. The van der Waals surface area contributed by atoms with Gasteiger partial charge in [0.15, 0.2) is 0 Å². The van der Waals surface area contributed by atoms with E-state index in [1.54, 1.807) is 4.90 Å². The molecule has 0 aromatic rings. The Labute approximate surface area is 111 Å². The van der Waals surface area contributed by atoms with Gasteiger partial charge >= 0.3 is 6.09 Å². The number of carboxylic acid groups (broad SMARTS) is 1. The number of carbonyl (C=O) groups is 1. The predicted molar refractivity (Wildman–Crippen MR) is 73.3 cm³/mol. The van der Waals surface area contributed by atoms with E-state index in [4.69, 9.17) is 6.42 Å². The highest BCUT2D eigenvalue weighted by Gasteiger charge is 2.53. The predicted octanol–water partition coefficient (Wildman–Crippen LogP) is 3.45. The molecule has 2 unspecified atom stereocenters. The maximum atomic E-state index is 11.4. The number of hydrogen-bond acceptors (Lipinski definition) is 1. The van der Waals surface area contributed by atoms with E-state index in [0.29, 0.717) is 18.4 Å².